The molecule has 0 amide bonds. The minimum atomic E-state index is 0.380. The number of nitrogens with zero attached hydrogens (tertiary/aromatic N) is 5. The van der Waals surface area contributed by atoms with Gasteiger partial charge in [0.2, 0.25) is 4.77 Å². The molecule has 0 aliphatic heterocycles. The second kappa shape index (κ2) is 5.86. The number of hydrogen-bond donors (Lipinski definition) is 1. The molecule has 112 valence electrons. The Balaban J connectivity index is 2.06. The highest BCUT2D eigenvalue weighted by molar-refractivity contribution is 7.71. The summed E-state index contributed by atoms with van der Waals surface area (Å²) in [4.78, 5) is 0. The Hall–Kier alpha value is -2.25. The van der Waals surface area contributed by atoms with Gasteiger partial charge < -0.3 is 0 Å². The first kappa shape index (κ1) is 14.7. The number of benzene rings is 1. The van der Waals surface area contributed by atoms with Crippen LogP contribution in [0.15, 0.2) is 35.4 Å². The molecule has 0 saturated carbocycles. The van der Waals surface area contributed by atoms with Crippen LogP contribution >= 0.6 is 23.8 Å². The quantitative estimate of drug-likeness (QED) is 0.591. The summed E-state index contributed by atoms with van der Waals surface area (Å²) in [5, 5.41) is 16.3. The Morgan fingerprint density at radius 2 is 2.09 bits per heavy atom. The number of aromatic nitrogens is 5. The Labute approximate surface area is 137 Å². The molecule has 2 heterocycles. The summed E-state index contributed by atoms with van der Waals surface area (Å²) < 4.78 is 3.58. The van der Waals surface area contributed by atoms with Gasteiger partial charge in [0.25, 0.3) is 5.95 Å². The first-order valence-electron chi connectivity index (χ1n) is 6.56. The molecule has 0 aliphatic rings. The van der Waals surface area contributed by atoms with Crippen molar-refractivity contribution in [3.63, 3.8) is 0 Å². The van der Waals surface area contributed by atoms with Crippen molar-refractivity contribution in [2.45, 2.75) is 13.8 Å². The Kier molecular flexibility index (Phi) is 3.91. The van der Waals surface area contributed by atoms with E-state index in [0.717, 1.165) is 17.0 Å². The fourth-order valence-electron chi connectivity index (χ4n) is 2.06. The van der Waals surface area contributed by atoms with Crippen LogP contribution in [0, 0.1) is 18.6 Å². The summed E-state index contributed by atoms with van der Waals surface area (Å²) in [6.45, 7) is 3.86. The highest BCUT2D eigenvalue weighted by Gasteiger charge is 2.11. The third-order valence-corrected chi connectivity index (χ3v) is 3.66. The van der Waals surface area contributed by atoms with E-state index in [4.69, 9.17) is 23.8 Å². The molecule has 2 aromatic heterocycles. The molecule has 1 aromatic carbocycles. The van der Waals surface area contributed by atoms with Crippen LogP contribution in [0.25, 0.3) is 5.95 Å². The van der Waals surface area contributed by atoms with Crippen LogP contribution in [-0.2, 0) is 0 Å². The maximum Gasteiger partial charge on any atom is 0.271 e. The lowest BCUT2D eigenvalue weighted by atomic mass is 10.2. The summed E-state index contributed by atoms with van der Waals surface area (Å²) in [5.74, 6) is 0.499. The number of aromatic amines is 1. The lowest BCUT2D eigenvalue weighted by molar-refractivity contribution is 0.714. The largest absolute Gasteiger partial charge is 0.271 e. The molecule has 6 nitrogen and oxygen atoms in total. The van der Waals surface area contributed by atoms with Gasteiger partial charge in [-0.2, -0.15) is 14.9 Å². The van der Waals surface area contributed by atoms with Crippen LogP contribution < -0.4 is 0 Å². The third-order valence-electron chi connectivity index (χ3n) is 3.05. The molecule has 0 fully saturated rings. The fourth-order valence-corrected chi connectivity index (χ4v) is 2.41. The fraction of sp³-hybridized carbons (Fsp3) is 0.143. The molecular weight excluding hydrogens is 320 g/mol. The number of nitrogens with one attached hydrogen (secondary N) is 1. The van der Waals surface area contributed by atoms with E-state index < -0.39 is 0 Å². The van der Waals surface area contributed by atoms with Gasteiger partial charge >= 0.3 is 0 Å². The topological polar surface area (TPSA) is 63.8 Å². The second-order valence-electron chi connectivity index (χ2n) is 4.75. The molecule has 0 spiro atoms. The minimum Gasteiger partial charge on any atom is -0.248 e. The van der Waals surface area contributed by atoms with Gasteiger partial charge in [-0.3, -0.25) is 0 Å². The number of hydrogen-bond acceptors (Lipinski definition) is 4. The van der Waals surface area contributed by atoms with Gasteiger partial charge in [-0.05, 0) is 38.2 Å². The lowest BCUT2D eigenvalue weighted by Gasteiger charge is -2.03. The molecular formula is C14H13ClN6S. The molecule has 0 unspecified atom stereocenters. The van der Waals surface area contributed by atoms with E-state index in [1.165, 1.54) is 4.68 Å². The van der Waals surface area contributed by atoms with Crippen LogP contribution in [0.3, 0.4) is 0 Å². The smallest absolute Gasteiger partial charge is 0.248 e. The second-order valence-corrected chi connectivity index (χ2v) is 5.54. The SMILES string of the molecule is Cc1cc(C)n(-c2n[nH]c(=S)n2/N=C\c2ccccc2Cl)n1. The summed E-state index contributed by atoms with van der Waals surface area (Å²) in [5.41, 5.74) is 2.64. The molecule has 0 atom stereocenters. The van der Waals surface area contributed by atoms with Gasteiger partial charge in [0, 0.05) is 16.3 Å². The van der Waals surface area contributed by atoms with Crippen molar-refractivity contribution in [3.8, 4) is 5.95 Å². The standard InChI is InChI=1S/C14H13ClN6S/c1-9-7-10(2)20(19-9)13-17-18-14(22)21(13)16-8-11-5-3-4-6-12(11)15/h3-8H,1-2H3,(H,18,22)/b16-8-. The van der Waals surface area contributed by atoms with Crippen molar-refractivity contribution in [1.29, 1.82) is 0 Å². The van der Waals surface area contributed by atoms with Crippen LogP contribution in [-0.4, -0.2) is 30.9 Å². The first-order valence-corrected chi connectivity index (χ1v) is 7.35. The van der Waals surface area contributed by atoms with Crippen LogP contribution in [0.5, 0.6) is 0 Å². The number of rotatable bonds is 3. The maximum atomic E-state index is 6.12. The van der Waals surface area contributed by atoms with E-state index in [1.54, 1.807) is 17.0 Å². The van der Waals surface area contributed by atoms with Gasteiger partial charge in [-0.1, -0.05) is 29.8 Å². The molecule has 22 heavy (non-hydrogen) atoms. The summed E-state index contributed by atoms with van der Waals surface area (Å²) in [6.07, 6.45) is 1.64. The summed E-state index contributed by atoms with van der Waals surface area (Å²) in [6, 6.07) is 9.39. The third kappa shape index (κ3) is 2.72. The van der Waals surface area contributed by atoms with Crippen molar-refractivity contribution in [3.05, 3.63) is 57.1 Å². The summed E-state index contributed by atoms with van der Waals surface area (Å²) in [7, 11) is 0. The summed E-state index contributed by atoms with van der Waals surface area (Å²) >= 11 is 11.4. The van der Waals surface area contributed by atoms with Crippen molar-refractivity contribution in [2.75, 3.05) is 0 Å². The zero-order valence-corrected chi connectivity index (χ0v) is 13.6. The zero-order valence-electron chi connectivity index (χ0n) is 12.0. The minimum absolute atomic E-state index is 0.380. The van der Waals surface area contributed by atoms with Gasteiger partial charge in [0.15, 0.2) is 0 Å². The van der Waals surface area contributed by atoms with E-state index in [-0.39, 0.29) is 0 Å². The first-order chi connectivity index (χ1) is 10.6. The molecule has 3 aromatic rings. The maximum absolute atomic E-state index is 6.12. The molecule has 1 N–H and O–H groups in total. The van der Waals surface area contributed by atoms with Gasteiger partial charge in [-0.15, -0.1) is 5.10 Å². The molecule has 0 bridgehead atoms. The normalized spacial score (nSPS) is 11.4. The van der Waals surface area contributed by atoms with Crippen LogP contribution in [0.2, 0.25) is 5.02 Å². The van der Waals surface area contributed by atoms with Crippen LogP contribution in [0.1, 0.15) is 17.0 Å². The van der Waals surface area contributed by atoms with Crippen molar-refractivity contribution in [2.24, 2.45) is 5.10 Å². The zero-order chi connectivity index (χ0) is 15.7. The van der Waals surface area contributed by atoms with E-state index in [1.807, 2.05) is 38.1 Å². The monoisotopic (exact) mass is 332 g/mol. The van der Waals surface area contributed by atoms with Crippen molar-refractivity contribution >= 4 is 30.0 Å². The van der Waals surface area contributed by atoms with Crippen LogP contribution in [0.4, 0.5) is 0 Å². The molecule has 0 aliphatic carbocycles. The van der Waals surface area contributed by atoms with E-state index >= 15 is 0 Å². The average Bonchev–Trinajstić information content (AvgIpc) is 3.00. The number of H-pyrrole nitrogens is 1. The highest BCUT2D eigenvalue weighted by Crippen LogP contribution is 2.14. The van der Waals surface area contributed by atoms with Crippen molar-refractivity contribution < 1.29 is 0 Å². The predicted octanol–water partition coefficient (Wildman–Crippen LogP) is 3.28. The van der Waals surface area contributed by atoms with Gasteiger partial charge in [-0.25, -0.2) is 9.78 Å². The Morgan fingerprint density at radius 1 is 1.32 bits per heavy atom. The van der Waals surface area contributed by atoms with Gasteiger partial charge in [0.05, 0.1) is 11.9 Å². The lowest BCUT2D eigenvalue weighted by Crippen LogP contribution is -2.07. The Bertz CT molecular complexity index is 904. The molecule has 8 heteroatoms. The van der Waals surface area contributed by atoms with E-state index in [0.29, 0.717) is 15.7 Å². The Morgan fingerprint density at radius 3 is 2.77 bits per heavy atom. The number of halogens is 1. The molecule has 0 radical (unpaired) electrons. The molecule has 3 rings (SSSR count). The predicted molar refractivity (Wildman–Crippen MR) is 88.5 cm³/mol. The van der Waals surface area contributed by atoms with E-state index in [9.17, 15) is 0 Å². The molecule has 0 saturated heterocycles. The highest BCUT2D eigenvalue weighted by atomic mass is 35.5. The van der Waals surface area contributed by atoms with Crippen molar-refractivity contribution in [1.82, 2.24) is 24.7 Å². The average molecular weight is 333 g/mol. The van der Waals surface area contributed by atoms with E-state index in [2.05, 4.69) is 20.4 Å². The van der Waals surface area contributed by atoms with Gasteiger partial charge in [0.1, 0.15) is 0 Å². The number of aryl methyl sites for hydroxylation is 2.